The lowest BCUT2D eigenvalue weighted by Gasteiger charge is -2.34. The average molecular weight is 557 g/mol. The van der Waals surface area contributed by atoms with Crippen LogP contribution < -0.4 is 4.74 Å². The highest BCUT2D eigenvalue weighted by Gasteiger charge is 2.68. The standard InChI is InChI=1S/C29H30F6O4/c1-5-26(6-2,22-9-11-24(19(4)16-22)38-17-23-10-12-25(36)39-23)21-8-7-20(18(3)15-21)13-14-27(37,28(30,31)32)29(33,34)35/h7-11,13-16,37H,5-6,12,17H2,1-4H3. The van der Waals surface area contributed by atoms with Crippen LogP contribution in [0.4, 0.5) is 26.3 Å². The lowest BCUT2D eigenvalue weighted by molar-refractivity contribution is -0.347. The second-order valence-corrected chi connectivity index (χ2v) is 9.57. The number of ether oxygens (including phenoxy) is 2. The van der Waals surface area contributed by atoms with E-state index in [1.54, 1.807) is 25.1 Å². The van der Waals surface area contributed by atoms with E-state index < -0.39 is 23.4 Å². The van der Waals surface area contributed by atoms with E-state index in [1.807, 2.05) is 39.0 Å². The first-order chi connectivity index (χ1) is 18.1. The van der Waals surface area contributed by atoms with Crippen LogP contribution in [0.5, 0.6) is 5.75 Å². The quantitative estimate of drug-likeness (QED) is 0.257. The molecule has 0 atom stereocenters. The number of aliphatic hydroxyl groups is 1. The Bertz CT molecular complexity index is 1260. The summed E-state index contributed by atoms with van der Waals surface area (Å²) in [6, 6.07) is 10.6. The second-order valence-electron chi connectivity index (χ2n) is 9.57. The van der Waals surface area contributed by atoms with Gasteiger partial charge in [-0.3, -0.25) is 4.79 Å². The van der Waals surface area contributed by atoms with Crippen molar-refractivity contribution >= 4 is 12.0 Å². The molecule has 4 nitrogen and oxygen atoms in total. The minimum atomic E-state index is -5.93. The molecular weight excluding hydrogens is 526 g/mol. The minimum Gasteiger partial charge on any atom is -0.485 e. The number of rotatable bonds is 9. The highest BCUT2D eigenvalue weighted by atomic mass is 19.4. The summed E-state index contributed by atoms with van der Waals surface area (Å²) >= 11 is 0. The molecule has 0 unspecified atom stereocenters. The maximum atomic E-state index is 13.1. The molecule has 2 aromatic rings. The van der Waals surface area contributed by atoms with E-state index in [0.29, 0.717) is 36.0 Å². The summed E-state index contributed by atoms with van der Waals surface area (Å²) in [6.07, 6.45) is -8.25. The van der Waals surface area contributed by atoms with Gasteiger partial charge in [0.1, 0.15) is 18.1 Å². The highest BCUT2D eigenvalue weighted by molar-refractivity contribution is 5.75. The molecule has 212 valence electrons. The first-order valence-corrected chi connectivity index (χ1v) is 12.4. The van der Waals surface area contributed by atoms with Crippen molar-refractivity contribution in [2.24, 2.45) is 0 Å². The number of hydrogen-bond acceptors (Lipinski definition) is 4. The van der Waals surface area contributed by atoms with Crippen molar-refractivity contribution in [3.05, 3.63) is 82.1 Å². The zero-order valence-electron chi connectivity index (χ0n) is 22.0. The molecule has 0 radical (unpaired) electrons. The molecule has 0 saturated carbocycles. The predicted molar refractivity (Wildman–Crippen MR) is 134 cm³/mol. The molecule has 2 aromatic carbocycles. The zero-order valence-corrected chi connectivity index (χ0v) is 22.0. The minimum absolute atomic E-state index is 0.116. The Balaban J connectivity index is 1.91. The van der Waals surface area contributed by atoms with Crippen LogP contribution in [-0.4, -0.2) is 35.6 Å². The molecule has 0 bridgehead atoms. The van der Waals surface area contributed by atoms with Gasteiger partial charge in [-0.2, -0.15) is 26.3 Å². The van der Waals surface area contributed by atoms with Crippen LogP contribution in [0.3, 0.4) is 0 Å². The van der Waals surface area contributed by atoms with E-state index in [4.69, 9.17) is 9.47 Å². The molecule has 1 aliphatic rings. The topological polar surface area (TPSA) is 55.8 Å². The molecule has 1 N–H and O–H groups in total. The summed E-state index contributed by atoms with van der Waals surface area (Å²) in [4.78, 5) is 11.3. The van der Waals surface area contributed by atoms with Crippen molar-refractivity contribution in [2.45, 2.75) is 70.3 Å². The summed E-state index contributed by atoms with van der Waals surface area (Å²) in [7, 11) is 0. The smallest absolute Gasteiger partial charge is 0.430 e. The van der Waals surface area contributed by atoms with Gasteiger partial charge in [0.25, 0.3) is 5.60 Å². The Kier molecular flexibility index (Phi) is 8.60. The number of carbonyl (C=O) groups is 1. The molecule has 0 aliphatic carbocycles. The Morgan fingerprint density at radius 3 is 1.95 bits per heavy atom. The molecule has 3 rings (SSSR count). The van der Waals surface area contributed by atoms with E-state index in [1.165, 1.54) is 6.07 Å². The van der Waals surface area contributed by atoms with Crippen LogP contribution in [0, 0.1) is 13.8 Å². The molecule has 10 heteroatoms. The van der Waals surface area contributed by atoms with E-state index in [9.17, 15) is 36.2 Å². The van der Waals surface area contributed by atoms with Gasteiger partial charge in [0, 0.05) is 5.41 Å². The van der Waals surface area contributed by atoms with Gasteiger partial charge in [-0.1, -0.05) is 50.3 Å². The van der Waals surface area contributed by atoms with Gasteiger partial charge in [-0.15, -0.1) is 0 Å². The van der Waals surface area contributed by atoms with E-state index in [0.717, 1.165) is 16.7 Å². The van der Waals surface area contributed by atoms with Gasteiger partial charge in [0.2, 0.25) is 0 Å². The van der Waals surface area contributed by atoms with Crippen molar-refractivity contribution in [3.8, 4) is 5.75 Å². The Labute approximate surface area is 222 Å². The molecule has 1 heterocycles. The maximum Gasteiger partial charge on any atom is 0.430 e. The number of alkyl halides is 6. The Morgan fingerprint density at radius 2 is 1.49 bits per heavy atom. The first kappa shape index (κ1) is 30.3. The van der Waals surface area contributed by atoms with Crippen LogP contribution in [-0.2, 0) is 14.9 Å². The molecule has 0 amide bonds. The maximum absolute atomic E-state index is 13.1. The van der Waals surface area contributed by atoms with E-state index >= 15 is 0 Å². The lowest BCUT2D eigenvalue weighted by Crippen LogP contribution is -2.55. The Hall–Kier alpha value is -3.27. The van der Waals surface area contributed by atoms with Crippen LogP contribution >= 0.6 is 0 Å². The lowest BCUT2D eigenvalue weighted by atomic mass is 9.70. The van der Waals surface area contributed by atoms with Crippen molar-refractivity contribution in [2.75, 3.05) is 6.61 Å². The fourth-order valence-electron chi connectivity index (χ4n) is 4.73. The number of hydrogen-bond donors (Lipinski definition) is 1. The third-order valence-electron chi connectivity index (χ3n) is 7.24. The van der Waals surface area contributed by atoms with Gasteiger partial charge in [0.15, 0.2) is 0 Å². The van der Waals surface area contributed by atoms with Crippen molar-refractivity contribution in [3.63, 3.8) is 0 Å². The third kappa shape index (κ3) is 6.00. The number of cyclic esters (lactones) is 1. The fraction of sp³-hybridized carbons (Fsp3) is 0.414. The van der Waals surface area contributed by atoms with Crippen LogP contribution in [0.1, 0.15) is 60.9 Å². The SMILES string of the molecule is CCC(CC)(c1ccc(C=CC(O)(C(F)(F)F)C(F)(F)F)c(C)c1)c1ccc(OCC2=CCC(=O)O2)c(C)c1. The summed E-state index contributed by atoms with van der Waals surface area (Å²) < 4.78 is 89.2. The molecule has 0 aromatic heterocycles. The van der Waals surface area contributed by atoms with Gasteiger partial charge in [0.05, 0.1) is 6.42 Å². The van der Waals surface area contributed by atoms with Gasteiger partial charge in [-0.25, -0.2) is 0 Å². The van der Waals surface area contributed by atoms with Crippen LogP contribution in [0.2, 0.25) is 0 Å². The van der Waals surface area contributed by atoms with E-state index in [2.05, 4.69) is 0 Å². The molecular formula is C29H30F6O4. The second kappa shape index (κ2) is 11.1. The van der Waals surface area contributed by atoms with Crippen molar-refractivity contribution < 1.29 is 45.7 Å². The van der Waals surface area contributed by atoms with Gasteiger partial charge in [-0.05, 0) is 72.7 Å². The van der Waals surface area contributed by atoms with Crippen molar-refractivity contribution in [1.29, 1.82) is 0 Å². The normalized spacial score (nSPS) is 15.1. The number of aryl methyl sites for hydroxylation is 2. The Morgan fingerprint density at radius 1 is 0.923 bits per heavy atom. The summed E-state index contributed by atoms with van der Waals surface area (Å²) in [5, 5.41) is 9.43. The van der Waals surface area contributed by atoms with Crippen LogP contribution in [0.15, 0.2) is 54.3 Å². The van der Waals surface area contributed by atoms with Crippen molar-refractivity contribution in [1.82, 2.24) is 0 Å². The fourth-order valence-corrected chi connectivity index (χ4v) is 4.73. The van der Waals surface area contributed by atoms with E-state index in [-0.39, 0.29) is 30.6 Å². The van der Waals surface area contributed by atoms with Gasteiger partial charge >= 0.3 is 18.3 Å². The molecule has 0 fully saturated rings. The average Bonchev–Trinajstić information content (AvgIpc) is 3.27. The predicted octanol–water partition coefficient (Wildman–Crippen LogP) is 7.49. The monoisotopic (exact) mass is 556 g/mol. The highest BCUT2D eigenvalue weighted by Crippen LogP contribution is 2.45. The summed E-state index contributed by atoms with van der Waals surface area (Å²) in [6.45, 7) is 7.59. The largest absolute Gasteiger partial charge is 0.485 e. The summed E-state index contributed by atoms with van der Waals surface area (Å²) in [5.41, 5.74) is -2.21. The number of carbonyl (C=O) groups excluding carboxylic acids is 1. The summed E-state index contributed by atoms with van der Waals surface area (Å²) in [5.74, 6) is 0.736. The van der Waals surface area contributed by atoms with Gasteiger partial charge < -0.3 is 14.6 Å². The number of benzene rings is 2. The number of halogens is 6. The first-order valence-electron chi connectivity index (χ1n) is 12.4. The van der Waals surface area contributed by atoms with Crippen LogP contribution in [0.25, 0.3) is 6.08 Å². The molecule has 1 aliphatic heterocycles. The zero-order chi connectivity index (χ0) is 29.2. The third-order valence-corrected chi connectivity index (χ3v) is 7.24. The molecule has 0 spiro atoms. The molecule has 0 saturated heterocycles. The molecule has 39 heavy (non-hydrogen) atoms. The number of esters is 1.